The number of nitrogens with one attached hydrogen (secondary N) is 1. The van der Waals surface area contributed by atoms with Crippen LogP contribution in [-0.4, -0.2) is 37.5 Å². The summed E-state index contributed by atoms with van der Waals surface area (Å²) in [5.41, 5.74) is 5.36. The second-order valence-corrected chi connectivity index (χ2v) is 3.73. The first-order chi connectivity index (χ1) is 9.54. The van der Waals surface area contributed by atoms with Crippen molar-refractivity contribution in [2.24, 2.45) is 5.73 Å². The molecular weight excluding hydrogens is 264 g/mol. The SMILES string of the molecule is CCOC(=O)CNC(=O)COc1ccccc1C(N)=O. The van der Waals surface area contributed by atoms with Crippen molar-refractivity contribution in [3.05, 3.63) is 29.8 Å². The minimum atomic E-state index is -0.646. The van der Waals surface area contributed by atoms with Gasteiger partial charge in [0.1, 0.15) is 12.3 Å². The number of esters is 1. The molecule has 1 aromatic carbocycles. The highest BCUT2D eigenvalue weighted by Crippen LogP contribution is 2.16. The Labute approximate surface area is 116 Å². The Balaban J connectivity index is 2.45. The first-order valence-corrected chi connectivity index (χ1v) is 5.98. The first-order valence-electron chi connectivity index (χ1n) is 5.98. The minimum absolute atomic E-state index is 0.186. The molecule has 0 unspecified atom stereocenters. The molecule has 0 bridgehead atoms. The van der Waals surface area contributed by atoms with Crippen LogP contribution in [-0.2, 0) is 14.3 Å². The molecule has 0 aromatic heterocycles. The highest BCUT2D eigenvalue weighted by Gasteiger charge is 2.11. The van der Waals surface area contributed by atoms with Crippen molar-refractivity contribution in [2.45, 2.75) is 6.92 Å². The third kappa shape index (κ3) is 4.97. The fraction of sp³-hybridized carbons (Fsp3) is 0.308. The lowest BCUT2D eigenvalue weighted by molar-refractivity contribution is -0.143. The van der Waals surface area contributed by atoms with Gasteiger partial charge in [0.25, 0.3) is 11.8 Å². The van der Waals surface area contributed by atoms with E-state index in [4.69, 9.17) is 10.5 Å². The van der Waals surface area contributed by atoms with E-state index in [1.165, 1.54) is 12.1 Å². The summed E-state index contributed by atoms with van der Waals surface area (Å²) >= 11 is 0. The second kappa shape index (κ2) is 7.78. The standard InChI is InChI=1S/C13H16N2O5/c1-2-19-12(17)7-15-11(16)8-20-10-6-4-3-5-9(10)13(14)18/h3-6H,2,7-8H2,1H3,(H2,14,18)(H,15,16). The molecule has 0 heterocycles. The topological polar surface area (TPSA) is 108 Å². The van der Waals surface area contributed by atoms with E-state index in [-0.39, 0.29) is 31.1 Å². The summed E-state index contributed by atoms with van der Waals surface area (Å²) in [6, 6.07) is 6.30. The quantitative estimate of drug-likeness (QED) is 0.675. The van der Waals surface area contributed by atoms with E-state index in [0.717, 1.165) is 0 Å². The van der Waals surface area contributed by atoms with Gasteiger partial charge in [0, 0.05) is 0 Å². The van der Waals surface area contributed by atoms with Gasteiger partial charge in [0.15, 0.2) is 6.61 Å². The van der Waals surface area contributed by atoms with Crippen molar-refractivity contribution >= 4 is 17.8 Å². The lowest BCUT2D eigenvalue weighted by atomic mass is 10.2. The maximum absolute atomic E-state index is 11.4. The van der Waals surface area contributed by atoms with Crippen LogP contribution in [0, 0.1) is 0 Å². The van der Waals surface area contributed by atoms with Crippen LogP contribution in [0.15, 0.2) is 24.3 Å². The lowest BCUT2D eigenvalue weighted by Crippen LogP contribution is -2.34. The second-order valence-electron chi connectivity index (χ2n) is 3.73. The zero-order valence-electron chi connectivity index (χ0n) is 11.0. The van der Waals surface area contributed by atoms with E-state index in [1.807, 2.05) is 0 Å². The third-order valence-corrected chi connectivity index (χ3v) is 2.25. The maximum atomic E-state index is 11.4. The molecule has 2 amide bonds. The molecule has 0 aliphatic rings. The number of primary amides is 1. The van der Waals surface area contributed by atoms with Crippen molar-refractivity contribution in [3.63, 3.8) is 0 Å². The zero-order valence-corrected chi connectivity index (χ0v) is 11.0. The predicted octanol–water partition coefficient (Wildman–Crippen LogP) is -0.156. The lowest BCUT2D eigenvalue weighted by Gasteiger charge is -2.09. The molecular formula is C13H16N2O5. The van der Waals surface area contributed by atoms with E-state index < -0.39 is 17.8 Å². The van der Waals surface area contributed by atoms with Crippen LogP contribution in [0.2, 0.25) is 0 Å². The number of hydrogen-bond acceptors (Lipinski definition) is 5. The van der Waals surface area contributed by atoms with Crippen LogP contribution < -0.4 is 15.8 Å². The van der Waals surface area contributed by atoms with Crippen molar-refractivity contribution in [3.8, 4) is 5.75 Å². The van der Waals surface area contributed by atoms with Crippen LogP contribution in [0.1, 0.15) is 17.3 Å². The molecule has 0 fully saturated rings. The molecule has 0 aliphatic heterocycles. The number of rotatable bonds is 7. The van der Waals surface area contributed by atoms with Crippen molar-refractivity contribution < 1.29 is 23.9 Å². The summed E-state index contributed by atoms with van der Waals surface area (Å²) < 4.78 is 9.84. The fourth-order valence-electron chi connectivity index (χ4n) is 1.37. The minimum Gasteiger partial charge on any atom is -0.483 e. The van der Waals surface area contributed by atoms with E-state index in [2.05, 4.69) is 10.1 Å². The third-order valence-electron chi connectivity index (χ3n) is 2.25. The van der Waals surface area contributed by atoms with Crippen LogP contribution >= 0.6 is 0 Å². The van der Waals surface area contributed by atoms with Gasteiger partial charge in [-0.15, -0.1) is 0 Å². The molecule has 0 atom stereocenters. The summed E-state index contributed by atoms with van der Waals surface area (Å²) in [7, 11) is 0. The Kier molecular flexibility index (Phi) is 6.02. The number of carbonyl (C=O) groups excluding carboxylic acids is 3. The highest BCUT2D eigenvalue weighted by atomic mass is 16.5. The van der Waals surface area contributed by atoms with Crippen molar-refractivity contribution in [1.29, 1.82) is 0 Å². The fourth-order valence-corrected chi connectivity index (χ4v) is 1.37. The molecule has 0 radical (unpaired) electrons. The molecule has 20 heavy (non-hydrogen) atoms. The van der Waals surface area contributed by atoms with Gasteiger partial charge < -0.3 is 20.5 Å². The summed E-state index contributed by atoms with van der Waals surface area (Å²) in [4.78, 5) is 33.6. The smallest absolute Gasteiger partial charge is 0.325 e. The average molecular weight is 280 g/mol. The molecule has 1 rings (SSSR count). The zero-order chi connectivity index (χ0) is 15.0. The van der Waals surface area contributed by atoms with Gasteiger partial charge in [-0.05, 0) is 19.1 Å². The van der Waals surface area contributed by atoms with Crippen LogP contribution in [0.4, 0.5) is 0 Å². The normalized spacial score (nSPS) is 9.65. The van der Waals surface area contributed by atoms with Gasteiger partial charge in [-0.2, -0.15) is 0 Å². The molecule has 0 saturated carbocycles. The van der Waals surface area contributed by atoms with Gasteiger partial charge in [-0.3, -0.25) is 14.4 Å². The van der Waals surface area contributed by atoms with Crippen molar-refractivity contribution in [1.82, 2.24) is 5.32 Å². The van der Waals surface area contributed by atoms with Gasteiger partial charge in [0.05, 0.1) is 12.2 Å². The Hall–Kier alpha value is -2.57. The molecule has 7 nitrogen and oxygen atoms in total. The number of ether oxygens (including phenoxy) is 2. The van der Waals surface area contributed by atoms with Crippen LogP contribution in [0.25, 0.3) is 0 Å². The Morgan fingerprint density at radius 3 is 2.60 bits per heavy atom. The number of para-hydroxylation sites is 1. The van der Waals surface area contributed by atoms with Crippen LogP contribution in [0.3, 0.4) is 0 Å². The Morgan fingerprint density at radius 2 is 1.95 bits per heavy atom. The predicted molar refractivity (Wildman–Crippen MR) is 70.1 cm³/mol. The Morgan fingerprint density at radius 1 is 1.25 bits per heavy atom. The van der Waals surface area contributed by atoms with Gasteiger partial charge in [-0.25, -0.2) is 0 Å². The summed E-state index contributed by atoms with van der Waals surface area (Å²) in [6.45, 7) is 1.36. The molecule has 3 N–H and O–H groups in total. The molecule has 108 valence electrons. The van der Waals surface area contributed by atoms with Crippen LogP contribution in [0.5, 0.6) is 5.75 Å². The van der Waals surface area contributed by atoms with E-state index in [0.29, 0.717) is 0 Å². The molecule has 1 aromatic rings. The number of nitrogens with two attached hydrogens (primary N) is 1. The largest absolute Gasteiger partial charge is 0.483 e. The summed E-state index contributed by atoms with van der Waals surface area (Å²) in [5, 5.41) is 2.33. The Bertz CT molecular complexity index is 501. The maximum Gasteiger partial charge on any atom is 0.325 e. The van der Waals surface area contributed by atoms with Gasteiger partial charge in [-0.1, -0.05) is 12.1 Å². The summed E-state index contributed by atoms with van der Waals surface area (Å²) in [6.07, 6.45) is 0. The van der Waals surface area contributed by atoms with Crippen molar-refractivity contribution in [2.75, 3.05) is 19.8 Å². The first kappa shape index (κ1) is 15.5. The number of hydrogen-bond donors (Lipinski definition) is 2. The average Bonchev–Trinajstić information content (AvgIpc) is 2.43. The highest BCUT2D eigenvalue weighted by molar-refractivity contribution is 5.95. The molecule has 7 heteroatoms. The number of carbonyl (C=O) groups is 3. The molecule has 0 saturated heterocycles. The van der Waals surface area contributed by atoms with Gasteiger partial charge >= 0.3 is 5.97 Å². The molecule has 0 aliphatic carbocycles. The molecule has 0 spiro atoms. The number of amides is 2. The van der Waals surface area contributed by atoms with E-state index in [9.17, 15) is 14.4 Å². The summed E-state index contributed by atoms with van der Waals surface area (Å²) in [5.74, 6) is -1.46. The van der Waals surface area contributed by atoms with E-state index in [1.54, 1.807) is 19.1 Å². The van der Waals surface area contributed by atoms with Gasteiger partial charge in [0.2, 0.25) is 0 Å². The monoisotopic (exact) mass is 280 g/mol. The van der Waals surface area contributed by atoms with E-state index >= 15 is 0 Å². The number of benzene rings is 1.